The maximum Gasteiger partial charge on any atom is 0.270 e. The van der Waals surface area contributed by atoms with Crippen LogP contribution in [0.25, 0.3) is 11.3 Å². The van der Waals surface area contributed by atoms with Gasteiger partial charge in [-0.05, 0) is 38.0 Å². The van der Waals surface area contributed by atoms with Crippen LogP contribution in [0.2, 0.25) is 0 Å². The highest BCUT2D eigenvalue weighted by molar-refractivity contribution is 8.00. The van der Waals surface area contributed by atoms with Gasteiger partial charge in [-0.1, -0.05) is 54.2 Å². The summed E-state index contributed by atoms with van der Waals surface area (Å²) >= 11 is 1.14. The number of carbonyl (C=O) groups is 1. The lowest BCUT2D eigenvalue weighted by Crippen LogP contribution is -2.24. The SMILES string of the molecule is Cc1ccc(C)c(NC(=O)[C@@H](C)Sc2nc(-c3ccccc3)c(C#N)c(=O)[nH]2)c1. The normalized spacial score (nSPS) is 11.5. The second-order valence-corrected chi connectivity index (χ2v) is 7.97. The van der Waals surface area contributed by atoms with E-state index in [-0.39, 0.29) is 16.6 Å². The number of hydrogen-bond donors (Lipinski definition) is 2. The molecular formula is C22H20N4O2S. The van der Waals surface area contributed by atoms with Gasteiger partial charge in [-0.15, -0.1) is 0 Å². The van der Waals surface area contributed by atoms with E-state index in [0.29, 0.717) is 11.3 Å². The van der Waals surface area contributed by atoms with E-state index in [0.717, 1.165) is 28.6 Å². The standard InChI is InChI=1S/C22H20N4O2S/c1-13-9-10-14(2)18(11-13)24-20(27)15(3)29-22-25-19(16-7-5-4-6-8-16)17(12-23)21(28)26-22/h4-11,15H,1-3H3,(H,24,27)(H,25,26,28)/t15-/m1/s1. The maximum atomic E-state index is 12.6. The molecule has 2 N–H and O–H groups in total. The molecule has 0 spiro atoms. The Morgan fingerprint density at radius 2 is 1.93 bits per heavy atom. The minimum Gasteiger partial charge on any atom is -0.325 e. The van der Waals surface area contributed by atoms with Gasteiger partial charge in [0.25, 0.3) is 5.56 Å². The van der Waals surface area contributed by atoms with Crippen LogP contribution in [0.3, 0.4) is 0 Å². The monoisotopic (exact) mass is 404 g/mol. The molecule has 29 heavy (non-hydrogen) atoms. The molecule has 6 nitrogen and oxygen atoms in total. The number of H-pyrrole nitrogens is 1. The van der Waals surface area contributed by atoms with Crippen molar-refractivity contribution in [1.29, 1.82) is 5.26 Å². The summed E-state index contributed by atoms with van der Waals surface area (Å²) in [5.74, 6) is -0.197. The number of benzene rings is 2. The second-order valence-electron chi connectivity index (χ2n) is 6.64. The van der Waals surface area contributed by atoms with Crippen molar-refractivity contribution in [3.8, 4) is 17.3 Å². The molecule has 0 aliphatic heterocycles. The molecule has 0 unspecified atom stereocenters. The van der Waals surface area contributed by atoms with E-state index in [4.69, 9.17) is 0 Å². The third-order valence-corrected chi connectivity index (χ3v) is 5.35. The van der Waals surface area contributed by atoms with Gasteiger partial charge in [-0.25, -0.2) is 4.98 Å². The smallest absolute Gasteiger partial charge is 0.270 e. The van der Waals surface area contributed by atoms with Crippen molar-refractivity contribution in [2.75, 3.05) is 5.32 Å². The summed E-state index contributed by atoms with van der Waals surface area (Å²) in [7, 11) is 0. The van der Waals surface area contributed by atoms with Crippen molar-refractivity contribution in [2.24, 2.45) is 0 Å². The molecule has 1 atom stereocenters. The van der Waals surface area contributed by atoms with E-state index < -0.39 is 10.8 Å². The van der Waals surface area contributed by atoms with Gasteiger partial charge in [0.15, 0.2) is 5.16 Å². The average Bonchev–Trinajstić information content (AvgIpc) is 2.71. The molecule has 0 saturated heterocycles. The molecule has 0 bridgehead atoms. The van der Waals surface area contributed by atoms with Crippen LogP contribution in [-0.2, 0) is 4.79 Å². The molecule has 0 aliphatic rings. The molecule has 3 rings (SSSR count). The fraction of sp³-hybridized carbons (Fsp3) is 0.182. The second kappa shape index (κ2) is 8.76. The number of thioether (sulfide) groups is 1. The molecule has 0 saturated carbocycles. The van der Waals surface area contributed by atoms with Gasteiger partial charge in [0.1, 0.15) is 11.6 Å². The summed E-state index contributed by atoms with van der Waals surface area (Å²) in [4.78, 5) is 32.0. The van der Waals surface area contributed by atoms with Crippen molar-refractivity contribution in [3.63, 3.8) is 0 Å². The number of aromatic nitrogens is 2. The number of anilines is 1. The van der Waals surface area contributed by atoms with Crippen molar-refractivity contribution < 1.29 is 4.79 Å². The van der Waals surface area contributed by atoms with Crippen LogP contribution < -0.4 is 10.9 Å². The predicted octanol–water partition coefficient (Wildman–Crippen LogP) is 4.04. The van der Waals surface area contributed by atoms with Crippen LogP contribution in [0.15, 0.2) is 58.5 Å². The van der Waals surface area contributed by atoms with Gasteiger partial charge in [0.05, 0.1) is 10.9 Å². The van der Waals surface area contributed by atoms with Crippen LogP contribution in [-0.4, -0.2) is 21.1 Å². The number of nitriles is 1. The van der Waals surface area contributed by atoms with Gasteiger partial charge >= 0.3 is 0 Å². The lowest BCUT2D eigenvalue weighted by molar-refractivity contribution is -0.115. The maximum absolute atomic E-state index is 12.6. The van der Waals surface area contributed by atoms with E-state index >= 15 is 0 Å². The topological polar surface area (TPSA) is 98.6 Å². The lowest BCUT2D eigenvalue weighted by atomic mass is 10.1. The van der Waals surface area contributed by atoms with E-state index in [9.17, 15) is 14.9 Å². The largest absolute Gasteiger partial charge is 0.325 e. The van der Waals surface area contributed by atoms with Crippen LogP contribution in [0.1, 0.15) is 23.6 Å². The molecule has 0 fully saturated rings. The number of rotatable bonds is 5. The molecular weight excluding hydrogens is 384 g/mol. The number of nitrogens with zero attached hydrogens (tertiary/aromatic N) is 2. The van der Waals surface area contributed by atoms with Gasteiger partial charge in [-0.3, -0.25) is 9.59 Å². The highest BCUT2D eigenvalue weighted by atomic mass is 32.2. The zero-order valence-electron chi connectivity index (χ0n) is 16.3. The molecule has 1 aromatic heterocycles. The highest BCUT2D eigenvalue weighted by Crippen LogP contribution is 2.25. The molecule has 3 aromatic rings. The molecule has 0 radical (unpaired) electrons. The minimum absolute atomic E-state index is 0.0481. The van der Waals surface area contributed by atoms with Crippen LogP contribution in [0.4, 0.5) is 5.69 Å². The first-order chi connectivity index (χ1) is 13.9. The zero-order chi connectivity index (χ0) is 21.0. The van der Waals surface area contributed by atoms with Crippen LogP contribution in [0.5, 0.6) is 0 Å². The van der Waals surface area contributed by atoms with Crippen molar-refractivity contribution >= 4 is 23.4 Å². The minimum atomic E-state index is -0.522. The summed E-state index contributed by atoms with van der Waals surface area (Å²) in [5.41, 5.74) is 3.19. The quantitative estimate of drug-likeness (QED) is 0.494. The predicted molar refractivity (Wildman–Crippen MR) is 115 cm³/mol. The van der Waals surface area contributed by atoms with Gasteiger partial charge in [-0.2, -0.15) is 5.26 Å². The number of aromatic amines is 1. The molecule has 1 amide bonds. The fourth-order valence-corrected chi connectivity index (χ4v) is 3.54. The summed E-state index contributed by atoms with van der Waals surface area (Å²) in [6.07, 6.45) is 0. The van der Waals surface area contributed by atoms with Crippen LogP contribution >= 0.6 is 11.8 Å². The molecule has 2 aromatic carbocycles. The lowest BCUT2D eigenvalue weighted by Gasteiger charge is -2.14. The Balaban J connectivity index is 1.85. The Morgan fingerprint density at radius 1 is 1.21 bits per heavy atom. The van der Waals surface area contributed by atoms with E-state index in [1.807, 2.05) is 56.3 Å². The number of aryl methyl sites for hydroxylation is 2. The molecule has 7 heteroatoms. The first-order valence-corrected chi connectivity index (χ1v) is 9.91. The zero-order valence-corrected chi connectivity index (χ0v) is 17.1. The Hall–Kier alpha value is -3.37. The Morgan fingerprint density at radius 3 is 2.62 bits per heavy atom. The van der Waals surface area contributed by atoms with Gasteiger partial charge in [0, 0.05) is 11.3 Å². The first kappa shape index (κ1) is 20.4. The summed E-state index contributed by atoms with van der Waals surface area (Å²) in [5, 5.41) is 12.1. The van der Waals surface area contributed by atoms with E-state index in [1.165, 1.54) is 0 Å². The van der Waals surface area contributed by atoms with Crippen molar-refractivity contribution in [1.82, 2.24) is 9.97 Å². The number of amides is 1. The Bertz CT molecular complexity index is 1150. The summed E-state index contributed by atoms with van der Waals surface area (Å²) in [6.45, 7) is 5.63. The molecule has 146 valence electrons. The van der Waals surface area contributed by atoms with E-state index in [1.54, 1.807) is 19.1 Å². The summed E-state index contributed by atoms with van der Waals surface area (Å²) in [6, 6.07) is 16.8. The third kappa shape index (κ3) is 4.73. The average molecular weight is 404 g/mol. The van der Waals surface area contributed by atoms with Gasteiger partial charge in [0.2, 0.25) is 5.91 Å². The number of carbonyl (C=O) groups excluding carboxylic acids is 1. The number of hydrogen-bond acceptors (Lipinski definition) is 5. The third-order valence-electron chi connectivity index (χ3n) is 4.37. The Kier molecular flexibility index (Phi) is 6.15. The van der Waals surface area contributed by atoms with Gasteiger partial charge < -0.3 is 10.3 Å². The molecule has 1 heterocycles. The van der Waals surface area contributed by atoms with Crippen molar-refractivity contribution in [3.05, 3.63) is 75.6 Å². The highest BCUT2D eigenvalue weighted by Gasteiger charge is 2.19. The first-order valence-electron chi connectivity index (χ1n) is 9.03. The van der Waals surface area contributed by atoms with Crippen molar-refractivity contribution in [2.45, 2.75) is 31.2 Å². The number of nitrogens with one attached hydrogen (secondary N) is 2. The van der Waals surface area contributed by atoms with E-state index in [2.05, 4.69) is 15.3 Å². The van der Waals surface area contributed by atoms with Crippen LogP contribution in [0, 0.1) is 25.2 Å². The fourth-order valence-electron chi connectivity index (χ4n) is 2.74. The summed E-state index contributed by atoms with van der Waals surface area (Å²) < 4.78 is 0. The molecule has 0 aliphatic carbocycles. The Labute approximate surface area is 173 Å².